The molecule has 1 N–H and O–H groups in total. The fourth-order valence-electron chi connectivity index (χ4n) is 1.31. The number of alkyl halides is 1. The summed E-state index contributed by atoms with van der Waals surface area (Å²) < 4.78 is 0. The molecule has 1 rings (SSSR count). The molecule has 1 unspecified atom stereocenters. The van der Waals surface area contributed by atoms with Gasteiger partial charge in [-0.15, -0.1) is 17.0 Å². The monoisotopic (exact) mass is 335 g/mol. The molecule has 0 bridgehead atoms. The lowest BCUT2D eigenvalue weighted by atomic mass is 10.1. The van der Waals surface area contributed by atoms with Crippen LogP contribution in [-0.4, -0.2) is 13.1 Å². The second kappa shape index (κ2) is 9.37. The number of benzene rings is 1. The van der Waals surface area contributed by atoms with E-state index < -0.39 is 0 Å². The van der Waals surface area contributed by atoms with Gasteiger partial charge in [-0.2, -0.15) is 0 Å². The molecule has 0 fully saturated rings. The molecule has 15 heavy (non-hydrogen) atoms. The standard InChI is InChI=1S/C12H18BrN.BrH/c1-2-3-9-14-10-12(13)11-7-5-4-6-8-11;/h4-8,12,14H,2-3,9-10H2,1H3;1H. The first-order valence-corrected chi connectivity index (χ1v) is 6.16. The number of hydrogen-bond acceptors (Lipinski definition) is 1. The molecule has 1 aromatic rings. The summed E-state index contributed by atoms with van der Waals surface area (Å²) in [5, 5.41) is 3.44. The van der Waals surface area contributed by atoms with E-state index in [2.05, 4.69) is 52.4 Å². The third-order valence-corrected chi connectivity index (χ3v) is 3.04. The zero-order valence-electron chi connectivity index (χ0n) is 9.08. The highest BCUT2D eigenvalue weighted by Crippen LogP contribution is 2.20. The zero-order chi connectivity index (χ0) is 10.2. The molecule has 0 aromatic heterocycles. The van der Waals surface area contributed by atoms with Crippen molar-refractivity contribution < 1.29 is 0 Å². The summed E-state index contributed by atoms with van der Waals surface area (Å²) in [6.07, 6.45) is 2.51. The smallest absolute Gasteiger partial charge is 0.0519 e. The first-order valence-electron chi connectivity index (χ1n) is 5.24. The van der Waals surface area contributed by atoms with E-state index >= 15 is 0 Å². The molecule has 0 saturated carbocycles. The van der Waals surface area contributed by atoms with Gasteiger partial charge in [-0.1, -0.05) is 59.6 Å². The molecule has 1 atom stereocenters. The Morgan fingerprint density at radius 2 is 1.93 bits per heavy atom. The van der Waals surface area contributed by atoms with E-state index in [9.17, 15) is 0 Å². The minimum Gasteiger partial charge on any atom is -0.315 e. The SMILES string of the molecule is Br.CCCCNCC(Br)c1ccccc1. The number of unbranched alkanes of at least 4 members (excludes halogenated alkanes) is 1. The maximum atomic E-state index is 3.68. The molecule has 0 radical (unpaired) electrons. The van der Waals surface area contributed by atoms with Crippen LogP contribution in [0.2, 0.25) is 0 Å². The molecule has 1 aromatic carbocycles. The maximum absolute atomic E-state index is 3.68. The predicted octanol–water partition coefficient (Wildman–Crippen LogP) is 4.09. The number of rotatable bonds is 6. The molecule has 0 aliphatic rings. The molecular weight excluding hydrogens is 318 g/mol. The normalized spacial score (nSPS) is 11.9. The van der Waals surface area contributed by atoms with E-state index in [1.54, 1.807) is 0 Å². The lowest BCUT2D eigenvalue weighted by Crippen LogP contribution is -2.19. The van der Waals surface area contributed by atoms with Crippen molar-refractivity contribution in [1.29, 1.82) is 0 Å². The van der Waals surface area contributed by atoms with Crippen molar-refractivity contribution >= 4 is 32.9 Å². The van der Waals surface area contributed by atoms with Crippen molar-refractivity contribution in [2.24, 2.45) is 0 Å². The molecule has 1 nitrogen and oxygen atoms in total. The van der Waals surface area contributed by atoms with E-state index in [0.29, 0.717) is 4.83 Å². The van der Waals surface area contributed by atoms with Gasteiger partial charge in [-0.3, -0.25) is 0 Å². The molecule has 86 valence electrons. The fourth-order valence-corrected chi connectivity index (χ4v) is 1.84. The summed E-state index contributed by atoms with van der Waals surface area (Å²) in [5.41, 5.74) is 1.34. The molecule has 0 amide bonds. The van der Waals surface area contributed by atoms with Crippen LogP contribution in [0.15, 0.2) is 30.3 Å². The van der Waals surface area contributed by atoms with Crippen LogP contribution in [0.1, 0.15) is 30.2 Å². The Kier molecular flexibility index (Phi) is 9.46. The maximum Gasteiger partial charge on any atom is 0.0519 e. The van der Waals surface area contributed by atoms with Crippen molar-refractivity contribution in [3.63, 3.8) is 0 Å². The molecule has 0 heterocycles. The Morgan fingerprint density at radius 1 is 1.27 bits per heavy atom. The van der Waals surface area contributed by atoms with Crippen molar-refractivity contribution in [3.05, 3.63) is 35.9 Å². The van der Waals surface area contributed by atoms with Crippen molar-refractivity contribution in [1.82, 2.24) is 5.32 Å². The third-order valence-electron chi connectivity index (χ3n) is 2.19. The number of nitrogens with one attached hydrogen (secondary N) is 1. The van der Waals surface area contributed by atoms with Crippen LogP contribution >= 0.6 is 32.9 Å². The van der Waals surface area contributed by atoms with E-state index in [0.717, 1.165) is 13.1 Å². The van der Waals surface area contributed by atoms with Gasteiger partial charge in [-0.25, -0.2) is 0 Å². The lowest BCUT2D eigenvalue weighted by molar-refractivity contribution is 0.638. The number of halogens is 2. The summed E-state index contributed by atoms with van der Waals surface area (Å²) in [4.78, 5) is 0.431. The highest BCUT2D eigenvalue weighted by Gasteiger charge is 2.04. The van der Waals surface area contributed by atoms with Gasteiger partial charge in [0, 0.05) is 6.54 Å². The second-order valence-electron chi connectivity index (χ2n) is 3.44. The van der Waals surface area contributed by atoms with Crippen molar-refractivity contribution in [3.8, 4) is 0 Å². The summed E-state index contributed by atoms with van der Waals surface area (Å²) in [6, 6.07) is 10.5. The molecule has 0 saturated heterocycles. The largest absolute Gasteiger partial charge is 0.315 e. The van der Waals surface area contributed by atoms with Gasteiger partial charge in [0.05, 0.1) is 4.83 Å². The fraction of sp³-hybridized carbons (Fsp3) is 0.500. The minimum atomic E-state index is 0. The third kappa shape index (κ3) is 6.33. The van der Waals surface area contributed by atoms with E-state index in [-0.39, 0.29) is 17.0 Å². The minimum absolute atomic E-state index is 0. The number of hydrogen-bond donors (Lipinski definition) is 1. The molecule has 0 aliphatic heterocycles. The Balaban J connectivity index is 0.00000196. The molecular formula is C12H19Br2N. The summed E-state index contributed by atoms with van der Waals surface area (Å²) in [5.74, 6) is 0. The van der Waals surface area contributed by atoms with Crippen molar-refractivity contribution in [2.45, 2.75) is 24.6 Å². The van der Waals surface area contributed by atoms with Gasteiger partial charge in [0.2, 0.25) is 0 Å². The Morgan fingerprint density at radius 3 is 2.53 bits per heavy atom. The van der Waals surface area contributed by atoms with Crippen LogP contribution in [0, 0.1) is 0 Å². The topological polar surface area (TPSA) is 12.0 Å². The van der Waals surface area contributed by atoms with Gasteiger partial charge in [0.1, 0.15) is 0 Å². The average Bonchev–Trinajstić information content (AvgIpc) is 2.25. The Bertz CT molecular complexity index is 239. The molecule has 0 spiro atoms. The lowest BCUT2D eigenvalue weighted by Gasteiger charge is -2.10. The van der Waals surface area contributed by atoms with Gasteiger partial charge in [-0.05, 0) is 18.5 Å². The zero-order valence-corrected chi connectivity index (χ0v) is 12.4. The average molecular weight is 337 g/mol. The van der Waals surface area contributed by atoms with Gasteiger partial charge >= 0.3 is 0 Å². The van der Waals surface area contributed by atoms with Gasteiger partial charge < -0.3 is 5.32 Å². The van der Waals surface area contributed by atoms with Gasteiger partial charge in [0.15, 0.2) is 0 Å². The summed E-state index contributed by atoms with van der Waals surface area (Å²) in [6.45, 7) is 4.33. The van der Waals surface area contributed by atoms with Gasteiger partial charge in [0.25, 0.3) is 0 Å². The second-order valence-corrected chi connectivity index (χ2v) is 4.54. The molecule has 0 aliphatic carbocycles. The van der Waals surface area contributed by atoms with Crippen LogP contribution in [0.25, 0.3) is 0 Å². The van der Waals surface area contributed by atoms with Crippen molar-refractivity contribution in [2.75, 3.05) is 13.1 Å². The summed E-state index contributed by atoms with van der Waals surface area (Å²) in [7, 11) is 0. The van der Waals surface area contributed by atoms with E-state index in [4.69, 9.17) is 0 Å². The Labute approximate surface area is 112 Å². The van der Waals surface area contributed by atoms with Crippen LogP contribution in [-0.2, 0) is 0 Å². The first kappa shape index (κ1) is 15.1. The highest BCUT2D eigenvalue weighted by atomic mass is 79.9. The summed E-state index contributed by atoms with van der Waals surface area (Å²) >= 11 is 3.68. The van der Waals surface area contributed by atoms with Crippen LogP contribution in [0.3, 0.4) is 0 Å². The highest BCUT2D eigenvalue weighted by molar-refractivity contribution is 9.09. The molecule has 3 heteroatoms. The van der Waals surface area contributed by atoms with E-state index in [1.807, 2.05) is 6.07 Å². The Hall–Kier alpha value is 0.140. The van der Waals surface area contributed by atoms with Crippen LogP contribution in [0.5, 0.6) is 0 Å². The predicted molar refractivity (Wildman–Crippen MR) is 76.2 cm³/mol. The quantitative estimate of drug-likeness (QED) is 0.609. The van der Waals surface area contributed by atoms with Crippen LogP contribution < -0.4 is 5.32 Å². The first-order chi connectivity index (χ1) is 6.84. The van der Waals surface area contributed by atoms with E-state index in [1.165, 1.54) is 18.4 Å². The van der Waals surface area contributed by atoms with Crippen LogP contribution in [0.4, 0.5) is 0 Å².